The number of hydrogen-bond donors (Lipinski definition) is 4. The van der Waals surface area contributed by atoms with Gasteiger partial charge in [-0.1, -0.05) is 13.8 Å². The number of aromatic carboxylic acids is 1. The Balaban J connectivity index is 2.83. The molecular formula is C10H15N3O4. The molecule has 7 nitrogen and oxygen atoms in total. The van der Waals surface area contributed by atoms with Crippen LogP contribution in [0.4, 0.5) is 0 Å². The van der Waals surface area contributed by atoms with Gasteiger partial charge in [-0.3, -0.25) is 4.79 Å². The van der Waals surface area contributed by atoms with Crippen molar-refractivity contribution in [1.82, 2.24) is 15.3 Å². The van der Waals surface area contributed by atoms with E-state index < -0.39 is 17.9 Å². The number of rotatable bonds is 5. The first-order chi connectivity index (χ1) is 7.97. The van der Waals surface area contributed by atoms with Crippen LogP contribution in [0.2, 0.25) is 0 Å². The summed E-state index contributed by atoms with van der Waals surface area (Å²) in [4.78, 5) is 28.5. The summed E-state index contributed by atoms with van der Waals surface area (Å²) < 4.78 is 0. The molecule has 0 bridgehead atoms. The highest BCUT2D eigenvalue weighted by Crippen LogP contribution is 2.06. The zero-order valence-electron chi connectivity index (χ0n) is 9.60. The third-order valence-electron chi connectivity index (χ3n) is 2.39. The molecule has 0 radical (unpaired) electrons. The number of nitrogens with zero attached hydrogens (tertiary/aromatic N) is 1. The zero-order valence-corrected chi connectivity index (χ0v) is 9.60. The Labute approximate surface area is 97.9 Å². The molecule has 0 aliphatic heterocycles. The molecule has 0 saturated heterocycles. The van der Waals surface area contributed by atoms with Gasteiger partial charge in [0.1, 0.15) is 0 Å². The molecule has 1 aromatic rings. The van der Waals surface area contributed by atoms with E-state index in [-0.39, 0.29) is 23.9 Å². The van der Waals surface area contributed by atoms with Crippen LogP contribution in [0, 0.1) is 5.92 Å². The minimum absolute atomic E-state index is 0.0381. The minimum atomic E-state index is -1.25. The Morgan fingerprint density at radius 3 is 2.65 bits per heavy atom. The van der Waals surface area contributed by atoms with Crippen LogP contribution in [0.1, 0.15) is 34.8 Å². The van der Waals surface area contributed by atoms with E-state index in [2.05, 4.69) is 15.3 Å². The number of carboxylic acids is 1. The monoisotopic (exact) mass is 241 g/mol. The highest BCUT2D eigenvalue weighted by atomic mass is 16.4. The van der Waals surface area contributed by atoms with Crippen LogP contribution in [-0.2, 0) is 0 Å². The molecule has 0 aromatic carbocycles. The highest BCUT2D eigenvalue weighted by Gasteiger charge is 2.22. The Morgan fingerprint density at radius 1 is 1.53 bits per heavy atom. The van der Waals surface area contributed by atoms with Crippen LogP contribution in [0.15, 0.2) is 6.33 Å². The second-order valence-corrected chi connectivity index (χ2v) is 3.94. The van der Waals surface area contributed by atoms with Gasteiger partial charge in [-0.05, 0) is 5.92 Å². The molecule has 94 valence electrons. The molecule has 0 saturated carbocycles. The van der Waals surface area contributed by atoms with Crippen molar-refractivity contribution >= 4 is 11.9 Å². The van der Waals surface area contributed by atoms with Crippen LogP contribution < -0.4 is 5.32 Å². The SMILES string of the molecule is CC(C)C(CO)NC(=O)c1nc[nH]c1C(=O)O. The van der Waals surface area contributed by atoms with E-state index in [1.54, 1.807) is 0 Å². The molecule has 1 atom stereocenters. The van der Waals surface area contributed by atoms with Crippen LogP contribution in [-0.4, -0.2) is 44.7 Å². The van der Waals surface area contributed by atoms with Gasteiger partial charge in [0.15, 0.2) is 11.4 Å². The molecule has 7 heteroatoms. The number of aromatic nitrogens is 2. The van der Waals surface area contributed by atoms with Gasteiger partial charge in [-0.2, -0.15) is 0 Å². The second-order valence-electron chi connectivity index (χ2n) is 3.94. The first-order valence-electron chi connectivity index (χ1n) is 5.15. The number of H-pyrrole nitrogens is 1. The molecule has 0 fully saturated rings. The molecule has 1 aromatic heterocycles. The fraction of sp³-hybridized carbons (Fsp3) is 0.500. The summed E-state index contributed by atoms with van der Waals surface area (Å²) in [5, 5.41) is 20.4. The van der Waals surface area contributed by atoms with Crippen LogP contribution in [0.25, 0.3) is 0 Å². The number of aliphatic hydroxyl groups is 1. The summed E-state index contributed by atoms with van der Waals surface area (Å²) in [7, 11) is 0. The predicted octanol–water partition coefficient (Wildman–Crippen LogP) is -0.145. The average Bonchev–Trinajstić information content (AvgIpc) is 2.73. The molecule has 1 amide bonds. The van der Waals surface area contributed by atoms with Crippen molar-refractivity contribution in [2.75, 3.05) is 6.61 Å². The molecule has 0 aliphatic carbocycles. The molecule has 1 unspecified atom stereocenters. The van der Waals surface area contributed by atoms with Gasteiger partial charge in [0.2, 0.25) is 0 Å². The van der Waals surface area contributed by atoms with Crippen molar-refractivity contribution in [3.8, 4) is 0 Å². The van der Waals surface area contributed by atoms with Gasteiger partial charge in [0.05, 0.1) is 19.0 Å². The largest absolute Gasteiger partial charge is 0.477 e. The number of aromatic amines is 1. The lowest BCUT2D eigenvalue weighted by Crippen LogP contribution is -2.41. The molecule has 1 heterocycles. The second kappa shape index (κ2) is 5.44. The number of carboxylic acid groups (broad SMARTS) is 1. The fourth-order valence-electron chi connectivity index (χ4n) is 1.29. The van der Waals surface area contributed by atoms with Gasteiger partial charge in [-0.15, -0.1) is 0 Å². The van der Waals surface area contributed by atoms with Gasteiger partial charge in [0, 0.05) is 0 Å². The smallest absolute Gasteiger partial charge is 0.354 e. The minimum Gasteiger partial charge on any atom is -0.477 e. The lowest BCUT2D eigenvalue weighted by atomic mass is 10.1. The topological polar surface area (TPSA) is 115 Å². The van der Waals surface area contributed by atoms with Crippen LogP contribution in [0.5, 0.6) is 0 Å². The van der Waals surface area contributed by atoms with Crippen molar-refractivity contribution < 1.29 is 19.8 Å². The van der Waals surface area contributed by atoms with Crippen LogP contribution >= 0.6 is 0 Å². The summed E-state index contributed by atoms with van der Waals surface area (Å²) in [6.45, 7) is 3.46. The van der Waals surface area contributed by atoms with Crippen molar-refractivity contribution in [3.63, 3.8) is 0 Å². The maximum Gasteiger partial charge on any atom is 0.354 e. The standard InChI is InChI=1S/C10H15N3O4/c1-5(2)6(3-14)13-9(15)7-8(10(16)17)12-4-11-7/h4-6,14H,3H2,1-2H3,(H,11,12)(H,13,15)(H,16,17). The Kier molecular flexibility index (Phi) is 4.22. The molecule has 0 spiro atoms. The van der Waals surface area contributed by atoms with E-state index in [0.29, 0.717) is 0 Å². The number of imidazole rings is 1. The van der Waals surface area contributed by atoms with Gasteiger partial charge >= 0.3 is 5.97 Å². The van der Waals surface area contributed by atoms with Gasteiger partial charge in [-0.25, -0.2) is 9.78 Å². The van der Waals surface area contributed by atoms with Gasteiger partial charge in [0.25, 0.3) is 5.91 Å². The lowest BCUT2D eigenvalue weighted by molar-refractivity contribution is 0.0683. The summed E-state index contributed by atoms with van der Waals surface area (Å²) in [6.07, 6.45) is 1.14. The Bertz CT molecular complexity index is 413. The molecule has 17 heavy (non-hydrogen) atoms. The number of carbonyl (C=O) groups excluding carboxylic acids is 1. The first-order valence-corrected chi connectivity index (χ1v) is 5.15. The molecular weight excluding hydrogens is 226 g/mol. The van der Waals surface area contributed by atoms with E-state index in [4.69, 9.17) is 10.2 Å². The number of hydrogen-bond acceptors (Lipinski definition) is 4. The van der Waals surface area contributed by atoms with E-state index >= 15 is 0 Å². The molecule has 1 rings (SSSR count). The third-order valence-corrected chi connectivity index (χ3v) is 2.39. The number of carbonyl (C=O) groups is 2. The van der Waals surface area contributed by atoms with Crippen LogP contribution in [0.3, 0.4) is 0 Å². The Morgan fingerprint density at radius 2 is 2.18 bits per heavy atom. The van der Waals surface area contributed by atoms with Crippen molar-refractivity contribution in [2.45, 2.75) is 19.9 Å². The summed E-state index contributed by atoms with van der Waals surface area (Å²) in [5.74, 6) is -1.83. The lowest BCUT2D eigenvalue weighted by Gasteiger charge is -2.19. The number of nitrogens with one attached hydrogen (secondary N) is 2. The summed E-state index contributed by atoms with van der Waals surface area (Å²) in [5.41, 5.74) is -0.445. The quantitative estimate of drug-likeness (QED) is 0.572. The van der Waals surface area contributed by atoms with E-state index in [9.17, 15) is 9.59 Å². The number of amides is 1. The Hall–Kier alpha value is -1.89. The van der Waals surface area contributed by atoms with E-state index in [1.165, 1.54) is 0 Å². The third kappa shape index (κ3) is 3.04. The highest BCUT2D eigenvalue weighted by molar-refractivity contribution is 6.02. The van der Waals surface area contributed by atoms with Crippen molar-refractivity contribution in [2.24, 2.45) is 5.92 Å². The summed E-state index contributed by atoms with van der Waals surface area (Å²) >= 11 is 0. The first kappa shape index (κ1) is 13.2. The van der Waals surface area contributed by atoms with Crippen molar-refractivity contribution in [3.05, 3.63) is 17.7 Å². The van der Waals surface area contributed by atoms with E-state index in [0.717, 1.165) is 6.33 Å². The maximum atomic E-state index is 11.7. The maximum absolute atomic E-state index is 11.7. The van der Waals surface area contributed by atoms with E-state index in [1.807, 2.05) is 13.8 Å². The molecule has 4 N–H and O–H groups in total. The molecule has 0 aliphatic rings. The fourth-order valence-corrected chi connectivity index (χ4v) is 1.29. The number of aliphatic hydroxyl groups excluding tert-OH is 1. The normalized spacial score (nSPS) is 12.5. The predicted molar refractivity (Wildman–Crippen MR) is 58.7 cm³/mol. The summed E-state index contributed by atoms with van der Waals surface area (Å²) in [6, 6.07) is -0.430. The zero-order chi connectivity index (χ0) is 13.0. The van der Waals surface area contributed by atoms with Crippen molar-refractivity contribution in [1.29, 1.82) is 0 Å². The van der Waals surface area contributed by atoms with Gasteiger partial charge < -0.3 is 20.5 Å². The average molecular weight is 241 g/mol.